The Balaban J connectivity index is 2.59. The number of hydrogen-bond donors (Lipinski definition) is 1. The maximum atomic E-state index is 11.6. The highest BCUT2D eigenvalue weighted by molar-refractivity contribution is 5.80. The fourth-order valence-electron chi connectivity index (χ4n) is 1.31. The molecule has 13 heavy (non-hydrogen) atoms. The van der Waals surface area contributed by atoms with Gasteiger partial charge in [0.1, 0.15) is 5.60 Å². The Bertz CT molecular complexity index is 209. The lowest BCUT2D eigenvalue weighted by Crippen LogP contribution is -2.35. The van der Waals surface area contributed by atoms with Crippen molar-refractivity contribution in [2.45, 2.75) is 52.2 Å². The molecule has 0 aromatic rings. The van der Waals surface area contributed by atoms with Gasteiger partial charge in [-0.3, -0.25) is 4.79 Å². The molecular formula is C10H18O3. The molecule has 0 aliphatic heterocycles. The molecule has 0 aromatic carbocycles. The Hall–Kier alpha value is -0.570. The van der Waals surface area contributed by atoms with E-state index in [1.807, 2.05) is 20.8 Å². The van der Waals surface area contributed by atoms with E-state index < -0.39 is 17.1 Å². The SMILES string of the molecule is CC(O)C1(C(=O)OC(C)(C)C)CC1. The summed E-state index contributed by atoms with van der Waals surface area (Å²) in [5, 5.41) is 9.41. The molecule has 1 unspecified atom stereocenters. The highest BCUT2D eigenvalue weighted by atomic mass is 16.6. The van der Waals surface area contributed by atoms with Crippen molar-refractivity contribution in [2.24, 2.45) is 5.41 Å². The van der Waals surface area contributed by atoms with Crippen LogP contribution in [0, 0.1) is 5.41 Å². The molecule has 1 N–H and O–H groups in total. The molecule has 3 heteroatoms. The third-order valence-corrected chi connectivity index (χ3v) is 2.39. The molecule has 1 rings (SSSR count). The molecule has 1 aliphatic carbocycles. The van der Waals surface area contributed by atoms with Gasteiger partial charge in [-0.1, -0.05) is 0 Å². The molecule has 0 heterocycles. The summed E-state index contributed by atoms with van der Waals surface area (Å²) in [5.41, 5.74) is -1.05. The van der Waals surface area contributed by atoms with Gasteiger partial charge in [0.15, 0.2) is 0 Å². The molecule has 0 spiro atoms. The Labute approximate surface area is 79.1 Å². The van der Waals surface area contributed by atoms with Crippen molar-refractivity contribution in [3.05, 3.63) is 0 Å². The number of aliphatic hydroxyl groups is 1. The van der Waals surface area contributed by atoms with E-state index in [0.29, 0.717) is 0 Å². The van der Waals surface area contributed by atoms with Crippen LogP contribution in [0.15, 0.2) is 0 Å². The normalized spacial score (nSPS) is 22.2. The molecule has 1 atom stereocenters. The number of hydrogen-bond acceptors (Lipinski definition) is 3. The number of ether oxygens (including phenoxy) is 1. The number of carbonyl (C=O) groups is 1. The summed E-state index contributed by atoms with van der Waals surface area (Å²) in [5.74, 6) is -0.255. The zero-order chi connectivity index (χ0) is 10.3. The van der Waals surface area contributed by atoms with Crippen LogP contribution in [-0.2, 0) is 9.53 Å². The van der Waals surface area contributed by atoms with Crippen molar-refractivity contribution >= 4 is 5.97 Å². The van der Waals surface area contributed by atoms with Crippen LogP contribution < -0.4 is 0 Å². The van der Waals surface area contributed by atoms with Crippen LogP contribution in [-0.4, -0.2) is 22.8 Å². The van der Waals surface area contributed by atoms with E-state index in [1.54, 1.807) is 6.92 Å². The van der Waals surface area contributed by atoms with E-state index in [-0.39, 0.29) is 5.97 Å². The van der Waals surface area contributed by atoms with Crippen molar-refractivity contribution in [3.8, 4) is 0 Å². The quantitative estimate of drug-likeness (QED) is 0.664. The van der Waals surface area contributed by atoms with Crippen LogP contribution in [0.4, 0.5) is 0 Å². The molecule has 3 nitrogen and oxygen atoms in total. The van der Waals surface area contributed by atoms with E-state index in [1.165, 1.54) is 0 Å². The molecule has 0 aromatic heterocycles. The summed E-state index contributed by atoms with van der Waals surface area (Å²) in [7, 11) is 0. The lowest BCUT2D eigenvalue weighted by atomic mass is 10.0. The Morgan fingerprint density at radius 2 is 1.92 bits per heavy atom. The summed E-state index contributed by atoms with van der Waals surface area (Å²) in [4.78, 5) is 11.6. The molecule has 0 radical (unpaired) electrons. The van der Waals surface area contributed by atoms with E-state index >= 15 is 0 Å². The molecule has 1 fully saturated rings. The smallest absolute Gasteiger partial charge is 0.315 e. The van der Waals surface area contributed by atoms with E-state index in [9.17, 15) is 9.90 Å². The first-order valence-electron chi connectivity index (χ1n) is 4.69. The minimum atomic E-state index is -0.595. The van der Waals surface area contributed by atoms with Crippen LogP contribution in [0.5, 0.6) is 0 Å². The first-order valence-corrected chi connectivity index (χ1v) is 4.69. The zero-order valence-corrected chi connectivity index (χ0v) is 8.76. The van der Waals surface area contributed by atoms with Gasteiger partial charge in [0.2, 0.25) is 0 Å². The van der Waals surface area contributed by atoms with Crippen LogP contribution in [0.25, 0.3) is 0 Å². The molecule has 1 saturated carbocycles. The standard InChI is InChI=1S/C10H18O3/c1-7(11)10(5-6-10)8(12)13-9(2,3)4/h7,11H,5-6H2,1-4H3. The fourth-order valence-corrected chi connectivity index (χ4v) is 1.31. The van der Waals surface area contributed by atoms with Gasteiger partial charge in [0.25, 0.3) is 0 Å². The van der Waals surface area contributed by atoms with E-state index in [4.69, 9.17) is 4.74 Å². The summed E-state index contributed by atoms with van der Waals surface area (Å²) in [6, 6.07) is 0. The number of carbonyl (C=O) groups excluding carboxylic acids is 1. The van der Waals surface area contributed by atoms with Crippen LogP contribution in [0.2, 0.25) is 0 Å². The lowest BCUT2D eigenvalue weighted by Gasteiger charge is -2.25. The summed E-state index contributed by atoms with van der Waals surface area (Å²) in [6.07, 6.45) is 0.904. The average Bonchev–Trinajstić information content (AvgIpc) is 2.59. The molecule has 0 amide bonds. The first kappa shape index (κ1) is 10.5. The minimum absolute atomic E-state index is 0.255. The second kappa shape index (κ2) is 2.98. The number of esters is 1. The Morgan fingerprint density at radius 3 is 2.15 bits per heavy atom. The van der Waals surface area contributed by atoms with Crippen LogP contribution in [0.1, 0.15) is 40.5 Å². The Kier molecular flexibility index (Phi) is 2.41. The summed E-state index contributed by atoms with van der Waals surface area (Å²) >= 11 is 0. The summed E-state index contributed by atoms with van der Waals surface area (Å²) < 4.78 is 5.23. The molecular weight excluding hydrogens is 168 g/mol. The van der Waals surface area contributed by atoms with Crippen LogP contribution in [0.3, 0.4) is 0 Å². The maximum Gasteiger partial charge on any atom is 0.315 e. The Morgan fingerprint density at radius 1 is 1.46 bits per heavy atom. The van der Waals surface area contributed by atoms with Gasteiger partial charge in [0, 0.05) is 0 Å². The van der Waals surface area contributed by atoms with Gasteiger partial charge < -0.3 is 9.84 Å². The third kappa shape index (κ3) is 2.21. The van der Waals surface area contributed by atoms with Gasteiger partial charge in [-0.15, -0.1) is 0 Å². The lowest BCUT2D eigenvalue weighted by molar-refractivity contribution is -0.166. The van der Waals surface area contributed by atoms with E-state index in [2.05, 4.69) is 0 Å². The largest absolute Gasteiger partial charge is 0.459 e. The van der Waals surface area contributed by atoms with Gasteiger partial charge in [0.05, 0.1) is 11.5 Å². The molecule has 0 bridgehead atoms. The number of aliphatic hydroxyl groups excluding tert-OH is 1. The van der Waals surface area contributed by atoms with E-state index in [0.717, 1.165) is 12.8 Å². The predicted octanol–water partition coefficient (Wildman–Crippen LogP) is 1.49. The average molecular weight is 186 g/mol. The zero-order valence-electron chi connectivity index (χ0n) is 8.76. The van der Waals surface area contributed by atoms with Crippen molar-refractivity contribution < 1.29 is 14.6 Å². The van der Waals surface area contributed by atoms with Crippen molar-refractivity contribution in [2.75, 3.05) is 0 Å². The fraction of sp³-hybridized carbons (Fsp3) is 0.900. The maximum absolute atomic E-state index is 11.6. The van der Waals surface area contributed by atoms with Crippen molar-refractivity contribution in [1.29, 1.82) is 0 Å². The van der Waals surface area contributed by atoms with Gasteiger partial charge in [-0.25, -0.2) is 0 Å². The highest BCUT2D eigenvalue weighted by Crippen LogP contribution is 2.50. The molecule has 1 aliphatic rings. The second-order valence-corrected chi connectivity index (χ2v) is 4.83. The predicted molar refractivity (Wildman–Crippen MR) is 49.2 cm³/mol. The van der Waals surface area contributed by atoms with Crippen LogP contribution >= 0.6 is 0 Å². The van der Waals surface area contributed by atoms with Gasteiger partial charge in [-0.2, -0.15) is 0 Å². The molecule has 0 saturated heterocycles. The second-order valence-electron chi connectivity index (χ2n) is 4.83. The topological polar surface area (TPSA) is 46.5 Å². The van der Waals surface area contributed by atoms with Gasteiger partial charge >= 0.3 is 5.97 Å². The first-order chi connectivity index (χ1) is 5.78. The number of rotatable bonds is 2. The summed E-state index contributed by atoms with van der Waals surface area (Å²) in [6.45, 7) is 7.16. The highest BCUT2D eigenvalue weighted by Gasteiger charge is 2.55. The van der Waals surface area contributed by atoms with Crippen molar-refractivity contribution in [1.82, 2.24) is 0 Å². The monoisotopic (exact) mass is 186 g/mol. The molecule has 76 valence electrons. The third-order valence-electron chi connectivity index (χ3n) is 2.39. The minimum Gasteiger partial charge on any atom is -0.459 e. The van der Waals surface area contributed by atoms with Gasteiger partial charge in [-0.05, 0) is 40.5 Å². The van der Waals surface area contributed by atoms with Crippen molar-refractivity contribution in [3.63, 3.8) is 0 Å².